The summed E-state index contributed by atoms with van der Waals surface area (Å²) >= 11 is 0. The number of piperidine rings is 1. The molecule has 3 aromatic rings. The number of aromatic nitrogens is 3. The number of phenols is 1. The fraction of sp³-hybridized carbons (Fsp3) is 0.381. The average Bonchev–Trinajstić information content (AvgIpc) is 3.13. The maximum absolute atomic E-state index is 14.8. The molecule has 2 unspecified atom stereocenters. The number of pyridine rings is 1. The van der Waals surface area contributed by atoms with Crippen LogP contribution in [0.15, 0.2) is 42.6 Å². The van der Waals surface area contributed by atoms with Crippen molar-refractivity contribution in [1.29, 1.82) is 0 Å². The third-order valence-electron chi connectivity index (χ3n) is 6.06. The Kier molecular flexibility index (Phi) is 4.12. The minimum atomic E-state index is -0.916. The molecule has 2 fully saturated rings. The molecule has 0 spiro atoms. The standard InChI is InChI=1S/C21H22FN5O/c1-27(18-10-13-4-5-16(24-13)21(18)22)20-7-6-15(25-26-20)14-11-17-12(9-19(14)28)3-2-8-23-17/h2-3,6-9,11,13,16,18,21,24,28H,4-5,10H2,1H3/t13?,16?,18-,21+/m0/s1. The highest BCUT2D eigenvalue weighted by Gasteiger charge is 2.43. The van der Waals surface area contributed by atoms with Crippen LogP contribution < -0.4 is 10.2 Å². The van der Waals surface area contributed by atoms with Crippen LogP contribution in [0.5, 0.6) is 5.75 Å². The molecule has 6 nitrogen and oxygen atoms in total. The summed E-state index contributed by atoms with van der Waals surface area (Å²) in [7, 11) is 1.88. The first-order chi connectivity index (χ1) is 13.6. The zero-order valence-corrected chi connectivity index (χ0v) is 15.6. The monoisotopic (exact) mass is 379 g/mol. The molecule has 2 aliphatic rings. The van der Waals surface area contributed by atoms with Gasteiger partial charge in [-0.1, -0.05) is 6.07 Å². The van der Waals surface area contributed by atoms with Gasteiger partial charge in [0.2, 0.25) is 0 Å². The number of rotatable bonds is 3. The molecule has 4 atom stereocenters. The van der Waals surface area contributed by atoms with Crippen molar-refractivity contribution in [3.05, 3.63) is 42.6 Å². The van der Waals surface area contributed by atoms with Gasteiger partial charge in [0.25, 0.3) is 0 Å². The summed E-state index contributed by atoms with van der Waals surface area (Å²) in [4.78, 5) is 6.23. The van der Waals surface area contributed by atoms with Crippen molar-refractivity contribution in [1.82, 2.24) is 20.5 Å². The highest BCUT2D eigenvalue weighted by molar-refractivity contribution is 5.87. The van der Waals surface area contributed by atoms with E-state index in [1.54, 1.807) is 18.3 Å². The number of phenolic OH excluding ortho intramolecular Hbond substituents is 1. The Balaban J connectivity index is 1.42. The number of benzene rings is 1. The van der Waals surface area contributed by atoms with Crippen molar-refractivity contribution in [3.63, 3.8) is 0 Å². The number of hydrogen-bond donors (Lipinski definition) is 2. The number of nitrogens with zero attached hydrogens (tertiary/aromatic N) is 4. The first kappa shape index (κ1) is 17.3. The molecule has 144 valence electrons. The van der Waals surface area contributed by atoms with Crippen molar-refractivity contribution in [2.45, 2.75) is 43.6 Å². The number of nitrogens with one attached hydrogen (secondary N) is 1. The Morgan fingerprint density at radius 2 is 2.07 bits per heavy atom. The fourth-order valence-corrected chi connectivity index (χ4v) is 4.49. The second kappa shape index (κ2) is 6.67. The Morgan fingerprint density at radius 3 is 2.89 bits per heavy atom. The van der Waals surface area contributed by atoms with Gasteiger partial charge in [0.15, 0.2) is 5.82 Å². The molecule has 2 aliphatic heterocycles. The van der Waals surface area contributed by atoms with E-state index in [0.29, 0.717) is 23.1 Å². The molecule has 2 aromatic heterocycles. The quantitative estimate of drug-likeness (QED) is 0.729. The predicted molar refractivity (Wildman–Crippen MR) is 106 cm³/mol. The minimum Gasteiger partial charge on any atom is -0.507 e. The van der Waals surface area contributed by atoms with Crippen molar-refractivity contribution in [3.8, 4) is 17.0 Å². The highest BCUT2D eigenvalue weighted by atomic mass is 19.1. The maximum Gasteiger partial charge on any atom is 0.151 e. The molecular weight excluding hydrogens is 357 g/mol. The van der Waals surface area contributed by atoms with Crippen LogP contribution >= 0.6 is 0 Å². The van der Waals surface area contributed by atoms with E-state index in [1.807, 2.05) is 36.2 Å². The Labute approximate surface area is 162 Å². The molecule has 2 N–H and O–H groups in total. The van der Waals surface area contributed by atoms with Crippen LogP contribution in [0.2, 0.25) is 0 Å². The van der Waals surface area contributed by atoms with Gasteiger partial charge in [0.1, 0.15) is 11.9 Å². The summed E-state index contributed by atoms with van der Waals surface area (Å²) in [6.45, 7) is 0. The van der Waals surface area contributed by atoms with E-state index < -0.39 is 6.17 Å². The number of halogens is 1. The Bertz CT molecular complexity index is 1010. The van der Waals surface area contributed by atoms with Gasteiger partial charge in [0, 0.05) is 36.3 Å². The van der Waals surface area contributed by atoms with E-state index in [9.17, 15) is 9.50 Å². The summed E-state index contributed by atoms with van der Waals surface area (Å²) in [5.74, 6) is 0.769. The molecule has 0 saturated carbocycles. The molecule has 4 heterocycles. The zero-order valence-electron chi connectivity index (χ0n) is 15.6. The number of anilines is 1. The van der Waals surface area contributed by atoms with Crippen LogP contribution in [0.3, 0.4) is 0 Å². The van der Waals surface area contributed by atoms with E-state index >= 15 is 0 Å². The third kappa shape index (κ3) is 2.86. The smallest absolute Gasteiger partial charge is 0.151 e. The predicted octanol–water partition coefficient (Wildman–Crippen LogP) is 3.06. The van der Waals surface area contributed by atoms with E-state index in [1.165, 1.54) is 0 Å². The summed E-state index contributed by atoms with van der Waals surface area (Å²) in [6, 6.07) is 11.0. The lowest BCUT2D eigenvalue weighted by Gasteiger charge is -2.38. The van der Waals surface area contributed by atoms with Crippen LogP contribution in [0.4, 0.5) is 10.2 Å². The number of hydrogen-bond acceptors (Lipinski definition) is 6. The second-order valence-electron chi connectivity index (χ2n) is 7.75. The van der Waals surface area contributed by atoms with E-state index in [0.717, 1.165) is 30.2 Å². The van der Waals surface area contributed by atoms with Gasteiger partial charge in [-0.15, -0.1) is 10.2 Å². The lowest BCUT2D eigenvalue weighted by Crippen LogP contribution is -2.55. The van der Waals surface area contributed by atoms with Gasteiger partial charge in [-0.25, -0.2) is 4.39 Å². The van der Waals surface area contributed by atoms with Crippen LogP contribution in [-0.4, -0.2) is 51.6 Å². The SMILES string of the molecule is CN(c1ccc(-c2cc3ncccc3cc2O)nn1)[C@H]1CC2CCC(N2)[C@H]1F. The van der Waals surface area contributed by atoms with Gasteiger partial charge in [0.05, 0.1) is 17.3 Å². The molecule has 0 amide bonds. The number of alkyl halides is 1. The summed E-state index contributed by atoms with van der Waals surface area (Å²) in [5.41, 5.74) is 1.92. The van der Waals surface area contributed by atoms with Crippen molar-refractivity contribution in [2.24, 2.45) is 0 Å². The average molecular weight is 379 g/mol. The first-order valence-electron chi connectivity index (χ1n) is 9.65. The maximum atomic E-state index is 14.8. The number of aromatic hydroxyl groups is 1. The summed E-state index contributed by atoms with van der Waals surface area (Å²) in [6.07, 6.45) is 3.51. The molecule has 5 rings (SSSR count). The zero-order chi connectivity index (χ0) is 19.3. The largest absolute Gasteiger partial charge is 0.507 e. The van der Waals surface area contributed by atoms with Gasteiger partial charge in [-0.2, -0.15) is 0 Å². The van der Waals surface area contributed by atoms with Crippen LogP contribution in [-0.2, 0) is 0 Å². The van der Waals surface area contributed by atoms with Gasteiger partial charge >= 0.3 is 0 Å². The lowest BCUT2D eigenvalue weighted by molar-refractivity contribution is 0.176. The van der Waals surface area contributed by atoms with Crippen molar-refractivity contribution < 1.29 is 9.50 Å². The minimum absolute atomic E-state index is 0.0551. The molecule has 0 radical (unpaired) electrons. The molecule has 1 aromatic carbocycles. The highest BCUT2D eigenvalue weighted by Crippen LogP contribution is 2.34. The third-order valence-corrected chi connectivity index (χ3v) is 6.06. The van der Waals surface area contributed by atoms with Gasteiger partial charge in [-0.3, -0.25) is 4.98 Å². The van der Waals surface area contributed by atoms with E-state index in [4.69, 9.17) is 0 Å². The Hall–Kier alpha value is -2.80. The van der Waals surface area contributed by atoms with E-state index in [-0.39, 0.29) is 17.8 Å². The van der Waals surface area contributed by atoms with Gasteiger partial charge in [-0.05, 0) is 49.6 Å². The van der Waals surface area contributed by atoms with Crippen molar-refractivity contribution >= 4 is 16.7 Å². The number of fused-ring (bicyclic) bond motifs is 3. The normalized spacial score (nSPS) is 26.5. The molecule has 28 heavy (non-hydrogen) atoms. The van der Waals surface area contributed by atoms with Crippen molar-refractivity contribution in [2.75, 3.05) is 11.9 Å². The molecule has 7 heteroatoms. The van der Waals surface area contributed by atoms with E-state index in [2.05, 4.69) is 20.5 Å². The molecule has 2 saturated heterocycles. The summed E-state index contributed by atoms with van der Waals surface area (Å²) in [5, 5.41) is 23.2. The molecule has 0 aliphatic carbocycles. The second-order valence-corrected chi connectivity index (χ2v) is 7.75. The Morgan fingerprint density at radius 1 is 1.18 bits per heavy atom. The molecule has 2 bridgehead atoms. The lowest BCUT2D eigenvalue weighted by atomic mass is 9.96. The fourth-order valence-electron chi connectivity index (χ4n) is 4.49. The summed E-state index contributed by atoms with van der Waals surface area (Å²) < 4.78 is 14.8. The molecular formula is C21H22FN5O. The topological polar surface area (TPSA) is 74.2 Å². The van der Waals surface area contributed by atoms with Crippen LogP contribution in [0, 0.1) is 0 Å². The van der Waals surface area contributed by atoms with Crippen LogP contribution in [0.25, 0.3) is 22.2 Å². The first-order valence-corrected chi connectivity index (χ1v) is 9.65. The van der Waals surface area contributed by atoms with Gasteiger partial charge < -0.3 is 15.3 Å². The van der Waals surface area contributed by atoms with Crippen LogP contribution in [0.1, 0.15) is 19.3 Å².